The third-order valence-corrected chi connectivity index (χ3v) is 8.84. The normalized spacial score (nSPS) is 52.6. The van der Waals surface area contributed by atoms with Crippen LogP contribution in [0.4, 0.5) is 0 Å². The van der Waals surface area contributed by atoms with E-state index in [1.807, 2.05) is 6.08 Å². The van der Waals surface area contributed by atoms with Gasteiger partial charge in [-0.3, -0.25) is 9.59 Å². The Morgan fingerprint density at radius 1 is 1.16 bits per heavy atom. The second kappa shape index (κ2) is 5.66. The van der Waals surface area contributed by atoms with Crippen LogP contribution in [-0.2, 0) is 9.59 Å². The van der Waals surface area contributed by atoms with E-state index in [0.29, 0.717) is 29.5 Å². The number of aldehydes is 1. The van der Waals surface area contributed by atoms with Crippen molar-refractivity contribution in [1.29, 1.82) is 0 Å². The minimum atomic E-state index is 0.134. The number of allylic oxidation sites excluding steroid dienone is 4. The minimum absolute atomic E-state index is 0.134. The molecule has 136 valence electrons. The molecule has 8 atom stereocenters. The van der Waals surface area contributed by atoms with Crippen molar-refractivity contribution in [3.8, 4) is 0 Å². The monoisotopic (exact) mass is 340 g/mol. The summed E-state index contributed by atoms with van der Waals surface area (Å²) in [5.41, 5.74) is 1.57. The van der Waals surface area contributed by atoms with Crippen LogP contribution in [0.2, 0.25) is 0 Å². The maximum absolute atomic E-state index is 12.2. The van der Waals surface area contributed by atoms with Gasteiger partial charge in [-0.15, -0.1) is 0 Å². The molecule has 0 amide bonds. The molecule has 4 aliphatic rings. The topological polar surface area (TPSA) is 34.1 Å². The molecule has 0 radical (unpaired) electrons. The molecule has 0 saturated heterocycles. The largest absolute Gasteiger partial charge is 0.300 e. The lowest BCUT2D eigenvalue weighted by Gasteiger charge is -2.55. The molecule has 2 nitrogen and oxygen atoms in total. The first-order chi connectivity index (χ1) is 11.8. The van der Waals surface area contributed by atoms with Crippen LogP contribution in [0.5, 0.6) is 0 Å². The smallest absolute Gasteiger partial charge is 0.143 e. The van der Waals surface area contributed by atoms with Crippen LogP contribution in [0.1, 0.15) is 59.8 Å². The molecule has 0 aliphatic heterocycles. The average molecular weight is 341 g/mol. The second-order valence-electron chi connectivity index (χ2n) is 9.79. The predicted molar refractivity (Wildman–Crippen MR) is 99.9 cm³/mol. The van der Waals surface area contributed by atoms with Crippen molar-refractivity contribution >= 4 is 12.1 Å². The molecule has 0 spiro atoms. The molecule has 2 unspecified atom stereocenters. The summed E-state index contributed by atoms with van der Waals surface area (Å²) in [5.74, 6) is 3.96. The Labute approximate surface area is 152 Å². The minimum Gasteiger partial charge on any atom is -0.300 e. The number of ketones is 1. The van der Waals surface area contributed by atoms with Gasteiger partial charge in [-0.05, 0) is 91.1 Å². The van der Waals surface area contributed by atoms with Crippen molar-refractivity contribution in [2.45, 2.75) is 59.8 Å². The zero-order valence-corrected chi connectivity index (χ0v) is 16.1. The van der Waals surface area contributed by atoms with Gasteiger partial charge in [0.15, 0.2) is 0 Å². The Morgan fingerprint density at radius 2 is 1.88 bits per heavy atom. The first kappa shape index (κ1) is 17.2. The highest BCUT2D eigenvalue weighted by atomic mass is 16.1. The van der Waals surface area contributed by atoms with E-state index in [1.165, 1.54) is 31.3 Å². The fourth-order valence-electron chi connectivity index (χ4n) is 7.39. The van der Waals surface area contributed by atoms with Crippen molar-refractivity contribution in [3.05, 3.63) is 23.8 Å². The third kappa shape index (κ3) is 2.28. The maximum atomic E-state index is 12.2. The van der Waals surface area contributed by atoms with Crippen LogP contribution in [-0.4, -0.2) is 12.1 Å². The van der Waals surface area contributed by atoms with Crippen molar-refractivity contribution in [2.24, 2.45) is 46.3 Å². The van der Waals surface area contributed by atoms with Crippen LogP contribution in [0, 0.1) is 46.3 Å². The summed E-state index contributed by atoms with van der Waals surface area (Å²) in [7, 11) is 0. The predicted octanol–water partition coefficient (Wildman–Crippen LogP) is 4.99. The number of hydrogen-bond acceptors (Lipinski definition) is 2. The summed E-state index contributed by atoms with van der Waals surface area (Å²) in [5, 5.41) is 0. The van der Waals surface area contributed by atoms with E-state index in [0.717, 1.165) is 18.6 Å². The molecule has 25 heavy (non-hydrogen) atoms. The number of fused-ring (bicyclic) bond motifs is 3. The Balaban J connectivity index is 1.74. The van der Waals surface area contributed by atoms with Crippen molar-refractivity contribution in [2.75, 3.05) is 0 Å². The molecule has 0 bridgehead atoms. The average Bonchev–Trinajstić information content (AvgIpc) is 3.18. The molecule has 0 N–H and O–H groups in total. The summed E-state index contributed by atoms with van der Waals surface area (Å²) in [6, 6.07) is 0. The van der Waals surface area contributed by atoms with Crippen molar-refractivity contribution in [3.63, 3.8) is 0 Å². The Morgan fingerprint density at radius 3 is 2.48 bits per heavy atom. The lowest BCUT2D eigenvalue weighted by molar-refractivity contribution is -0.126. The van der Waals surface area contributed by atoms with Gasteiger partial charge in [-0.2, -0.15) is 0 Å². The van der Waals surface area contributed by atoms with Crippen molar-refractivity contribution < 1.29 is 9.59 Å². The van der Waals surface area contributed by atoms with E-state index < -0.39 is 0 Å². The molecule has 2 heteroatoms. The molecule has 0 heterocycles. The lowest BCUT2D eigenvalue weighted by Crippen LogP contribution is -2.49. The van der Waals surface area contributed by atoms with Gasteiger partial charge < -0.3 is 0 Å². The summed E-state index contributed by atoms with van der Waals surface area (Å²) in [6.07, 6.45) is 13.4. The molecule has 0 aromatic rings. The van der Waals surface area contributed by atoms with Gasteiger partial charge in [0, 0.05) is 5.92 Å². The van der Waals surface area contributed by atoms with Crippen molar-refractivity contribution in [1.82, 2.24) is 0 Å². The molecular formula is C23H32O2. The van der Waals surface area contributed by atoms with Crippen LogP contribution >= 0.6 is 0 Å². The van der Waals surface area contributed by atoms with E-state index in [4.69, 9.17) is 0 Å². The zero-order valence-electron chi connectivity index (χ0n) is 16.1. The molecular weight excluding hydrogens is 308 g/mol. The maximum Gasteiger partial charge on any atom is 0.143 e. The zero-order chi connectivity index (χ0) is 18.0. The van der Waals surface area contributed by atoms with E-state index in [-0.39, 0.29) is 16.7 Å². The molecule has 0 aromatic carbocycles. The number of carbonyl (C=O) groups is 2. The summed E-state index contributed by atoms with van der Waals surface area (Å²) < 4.78 is 0. The standard InChI is InChI=1S/C23H32O2/c1-14-13-21(14)23(4)16(10-12-24)5-6-17-19-8-7-18(15(2)25)22(19,3)11-9-20(17)23/h5-6,10,12,14,17-21H,7-9,11,13H2,1-4H3/b16-10-/t14?,17-,18+,19-,20+,21?,22+,23+/m0/s1. The van der Waals surface area contributed by atoms with Gasteiger partial charge in [0.25, 0.3) is 0 Å². The van der Waals surface area contributed by atoms with Gasteiger partial charge in [0.2, 0.25) is 0 Å². The Bertz CT molecular complexity index is 659. The van der Waals surface area contributed by atoms with E-state index >= 15 is 0 Å². The van der Waals surface area contributed by atoms with Gasteiger partial charge in [-0.25, -0.2) is 0 Å². The van der Waals surface area contributed by atoms with Crippen LogP contribution in [0.25, 0.3) is 0 Å². The second-order valence-corrected chi connectivity index (χ2v) is 9.79. The molecule has 3 fully saturated rings. The van der Waals surface area contributed by atoms with Gasteiger partial charge in [-0.1, -0.05) is 32.9 Å². The Kier molecular flexibility index (Phi) is 3.90. The van der Waals surface area contributed by atoms with Crippen LogP contribution in [0.3, 0.4) is 0 Å². The van der Waals surface area contributed by atoms with E-state index in [2.05, 4.69) is 32.9 Å². The van der Waals surface area contributed by atoms with Gasteiger partial charge >= 0.3 is 0 Å². The van der Waals surface area contributed by atoms with Crippen LogP contribution < -0.4 is 0 Å². The summed E-state index contributed by atoms with van der Waals surface area (Å²) in [6.45, 7) is 8.96. The first-order valence-corrected chi connectivity index (χ1v) is 10.2. The fraction of sp³-hybridized carbons (Fsp3) is 0.739. The van der Waals surface area contributed by atoms with E-state index in [1.54, 1.807) is 6.92 Å². The molecule has 0 aromatic heterocycles. The fourth-order valence-corrected chi connectivity index (χ4v) is 7.39. The first-order valence-electron chi connectivity index (χ1n) is 10.2. The highest BCUT2D eigenvalue weighted by molar-refractivity contribution is 5.79. The molecule has 4 aliphatic carbocycles. The van der Waals surface area contributed by atoms with E-state index in [9.17, 15) is 9.59 Å². The number of Topliss-reactive ketones (excluding diaryl/α,β-unsaturated/α-hetero) is 1. The number of carbonyl (C=O) groups excluding carboxylic acids is 2. The summed E-state index contributed by atoms with van der Waals surface area (Å²) in [4.78, 5) is 23.5. The Hall–Kier alpha value is -1.18. The molecule has 3 saturated carbocycles. The SMILES string of the molecule is CC(=O)[C@H]1CC[C@H]2[C@@H]3C=C/C(=C/C=O)[C@@](C)(C4CC4C)[C@@H]3CC[C@]12C. The van der Waals surface area contributed by atoms with Gasteiger partial charge in [0.05, 0.1) is 0 Å². The quantitative estimate of drug-likeness (QED) is 0.536. The number of hydrogen-bond donors (Lipinski definition) is 0. The summed E-state index contributed by atoms with van der Waals surface area (Å²) >= 11 is 0. The third-order valence-electron chi connectivity index (χ3n) is 8.84. The number of rotatable bonds is 3. The van der Waals surface area contributed by atoms with Gasteiger partial charge in [0.1, 0.15) is 12.1 Å². The highest BCUT2D eigenvalue weighted by Crippen LogP contribution is 2.68. The highest BCUT2D eigenvalue weighted by Gasteiger charge is 2.62. The molecule has 4 rings (SSSR count). The van der Waals surface area contributed by atoms with Crippen LogP contribution in [0.15, 0.2) is 23.8 Å². The lowest BCUT2D eigenvalue weighted by atomic mass is 9.48.